The van der Waals surface area contributed by atoms with Crippen molar-refractivity contribution in [3.63, 3.8) is 0 Å². The van der Waals surface area contributed by atoms with Gasteiger partial charge in [-0.3, -0.25) is 9.19 Å². The Morgan fingerprint density at radius 3 is 2.80 bits per heavy atom. The number of rotatable bonds is 2. The molecule has 0 unspecified atom stereocenters. The van der Waals surface area contributed by atoms with Crippen LogP contribution in [0.3, 0.4) is 0 Å². The van der Waals surface area contributed by atoms with Crippen LogP contribution in [0.2, 0.25) is 0 Å². The second kappa shape index (κ2) is 5.87. The normalized spacial score (nSPS) is 20.8. The number of amides is 1. The van der Waals surface area contributed by atoms with Gasteiger partial charge in [-0.15, -0.1) is 0 Å². The van der Waals surface area contributed by atoms with Crippen LogP contribution < -0.4 is 0 Å². The van der Waals surface area contributed by atoms with Gasteiger partial charge in [-0.2, -0.15) is 0 Å². The molecule has 1 aliphatic rings. The van der Waals surface area contributed by atoms with Crippen LogP contribution in [0.15, 0.2) is 23.6 Å². The molecule has 0 aliphatic carbocycles. The van der Waals surface area contributed by atoms with E-state index in [4.69, 9.17) is 4.74 Å². The van der Waals surface area contributed by atoms with Crippen molar-refractivity contribution in [1.29, 1.82) is 0 Å². The van der Waals surface area contributed by atoms with Gasteiger partial charge in [0.05, 0.1) is 22.2 Å². The molecule has 110 valence electrons. The van der Waals surface area contributed by atoms with Gasteiger partial charge in [-0.25, -0.2) is 9.78 Å². The number of aromatic nitrogens is 2. The monoisotopic (exact) mass is 297 g/mol. The number of ether oxygens (including phenoxy) is 1. The zero-order valence-electron chi connectivity index (χ0n) is 11.9. The molecule has 0 saturated carbocycles. The molecule has 2 rings (SSSR count). The fourth-order valence-electron chi connectivity index (χ4n) is 1.96. The van der Waals surface area contributed by atoms with Gasteiger partial charge in [0.25, 0.3) is 0 Å². The van der Waals surface area contributed by atoms with Gasteiger partial charge in [0.1, 0.15) is 10.6 Å². The topological polar surface area (TPSA) is 72.4 Å². The van der Waals surface area contributed by atoms with Crippen LogP contribution in [0.4, 0.5) is 4.79 Å². The van der Waals surface area contributed by atoms with Gasteiger partial charge < -0.3 is 9.64 Å². The minimum atomic E-state index is -1.24. The van der Waals surface area contributed by atoms with Crippen LogP contribution in [-0.4, -0.2) is 49.1 Å². The van der Waals surface area contributed by atoms with Crippen LogP contribution >= 0.6 is 0 Å². The third-order valence-electron chi connectivity index (χ3n) is 2.85. The van der Waals surface area contributed by atoms with Crippen molar-refractivity contribution in [1.82, 2.24) is 14.9 Å². The van der Waals surface area contributed by atoms with Crippen molar-refractivity contribution in [2.45, 2.75) is 43.1 Å². The highest BCUT2D eigenvalue weighted by atomic mass is 32.2. The van der Waals surface area contributed by atoms with Crippen molar-refractivity contribution in [2.24, 2.45) is 0 Å². The molecule has 0 radical (unpaired) electrons. The van der Waals surface area contributed by atoms with Gasteiger partial charge in [-0.05, 0) is 27.2 Å². The first kappa shape index (κ1) is 14.9. The molecular weight excluding hydrogens is 278 g/mol. The van der Waals surface area contributed by atoms with Crippen molar-refractivity contribution >= 4 is 16.9 Å². The van der Waals surface area contributed by atoms with Gasteiger partial charge in [0.2, 0.25) is 0 Å². The summed E-state index contributed by atoms with van der Waals surface area (Å²) in [5, 5.41) is 0.350. The lowest BCUT2D eigenvalue weighted by atomic mass is 10.2. The van der Waals surface area contributed by atoms with E-state index in [1.165, 1.54) is 12.4 Å². The maximum absolute atomic E-state index is 12.3. The fraction of sp³-hybridized carbons (Fsp3) is 0.615. The van der Waals surface area contributed by atoms with Gasteiger partial charge in [0.15, 0.2) is 0 Å². The first-order valence-corrected chi connectivity index (χ1v) is 7.72. The number of likely N-dealkylation sites (tertiary alicyclic amines) is 1. The average Bonchev–Trinajstić information content (AvgIpc) is 2.86. The van der Waals surface area contributed by atoms with Crippen molar-refractivity contribution in [3.05, 3.63) is 18.6 Å². The maximum atomic E-state index is 12.3. The summed E-state index contributed by atoms with van der Waals surface area (Å²) in [5.41, 5.74) is -0.515. The molecule has 2 atom stereocenters. The second-order valence-electron chi connectivity index (χ2n) is 5.68. The Kier molecular flexibility index (Phi) is 4.37. The number of nitrogens with zero attached hydrogens (tertiary/aromatic N) is 3. The van der Waals surface area contributed by atoms with Gasteiger partial charge >= 0.3 is 6.09 Å². The highest BCUT2D eigenvalue weighted by Gasteiger charge is 2.33. The molecule has 20 heavy (non-hydrogen) atoms. The molecule has 1 aromatic rings. The Hall–Kier alpha value is -1.50. The molecule has 1 amide bonds. The average molecular weight is 297 g/mol. The summed E-state index contributed by atoms with van der Waals surface area (Å²) in [5.74, 6) is 0. The van der Waals surface area contributed by atoms with E-state index < -0.39 is 16.4 Å². The highest BCUT2D eigenvalue weighted by Crippen LogP contribution is 2.21. The molecule has 0 spiro atoms. The third kappa shape index (κ3) is 3.75. The number of hydrogen-bond acceptors (Lipinski definition) is 5. The lowest BCUT2D eigenvalue weighted by Crippen LogP contribution is -2.36. The van der Waals surface area contributed by atoms with E-state index >= 15 is 0 Å². The van der Waals surface area contributed by atoms with E-state index in [-0.39, 0.29) is 11.3 Å². The Morgan fingerprint density at radius 1 is 1.45 bits per heavy atom. The first-order valence-electron chi connectivity index (χ1n) is 6.51. The van der Waals surface area contributed by atoms with Crippen molar-refractivity contribution < 1.29 is 13.7 Å². The van der Waals surface area contributed by atoms with E-state index in [0.29, 0.717) is 24.5 Å². The van der Waals surface area contributed by atoms with E-state index in [0.717, 1.165) is 0 Å². The smallest absolute Gasteiger partial charge is 0.410 e. The molecule has 1 aromatic heterocycles. The van der Waals surface area contributed by atoms with E-state index in [9.17, 15) is 9.00 Å². The lowest BCUT2D eigenvalue weighted by molar-refractivity contribution is 0.0295. The lowest BCUT2D eigenvalue weighted by Gasteiger charge is -2.24. The molecular formula is C13H19N3O3S. The number of carbonyl (C=O) groups is 1. The predicted molar refractivity (Wildman–Crippen MR) is 74.7 cm³/mol. The highest BCUT2D eigenvalue weighted by molar-refractivity contribution is 7.85. The number of carbonyl (C=O) groups excluding carboxylic acids is 1. The predicted octanol–water partition coefficient (Wildman–Crippen LogP) is 1.59. The van der Waals surface area contributed by atoms with Crippen LogP contribution in [0.5, 0.6) is 0 Å². The van der Waals surface area contributed by atoms with Crippen LogP contribution in [0, 0.1) is 0 Å². The Morgan fingerprint density at radius 2 is 2.20 bits per heavy atom. The summed E-state index contributed by atoms with van der Waals surface area (Å²) >= 11 is 0. The summed E-state index contributed by atoms with van der Waals surface area (Å²) in [4.78, 5) is 21.5. The van der Waals surface area contributed by atoms with E-state index in [1.807, 2.05) is 20.8 Å². The zero-order chi connectivity index (χ0) is 14.8. The van der Waals surface area contributed by atoms with Crippen LogP contribution in [0.1, 0.15) is 27.2 Å². The molecule has 1 aliphatic heterocycles. The Bertz CT molecular complexity index is 501. The van der Waals surface area contributed by atoms with Crippen LogP contribution in [0.25, 0.3) is 0 Å². The van der Waals surface area contributed by atoms with E-state index in [1.54, 1.807) is 11.1 Å². The minimum Gasteiger partial charge on any atom is -0.444 e. The summed E-state index contributed by atoms with van der Waals surface area (Å²) < 4.78 is 17.6. The quantitative estimate of drug-likeness (QED) is 0.829. The molecule has 1 fully saturated rings. The second-order valence-corrected chi connectivity index (χ2v) is 7.36. The summed E-state index contributed by atoms with van der Waals surface area (Å²) in [6.45, 7) is 6.48. The molecule has 0 N–H and O–H groups in total. The molecule has 0 aromatic carbocycles. The third-order valence-corrected chi connectivity index (χ3v) is 4.46. The summed E-state index contributed by atoms with van der Waals surface area (Å²) in [6.07, 6.45) is 4.90. The maximum Gasteiger partial charge on any atom is 0.410 e. The SMILES string of the molecule is CC(C)(C)OC(=O)N1CC[C@@H]([S@](=O)c2cnccn2)C1. The van der Waals surface area contributed by atoms with Gasteiger partial charge in [0, 0.05) is 25.5 Å². The van der Waals surface area contributed by atoms with Crippen LogP contribution in [-0.2, 0) is 15.5 Å². The molecule has 1 saturated heterocycles. The van der Waals surface area contributed by atoms with Crippen molar-refractivity contribution in [2.75, 3.05) is 13.1 Å². The Balaban J connectivity index is 1.96. The summed E-state index contributed by atoms with van der Waals surface area (Å²) in [6, 6.07) is 0. The standard InChI is InChI=1S/C13H19N3O3S/c1-13(2,3)19-12(17)16-7-4-10(9-16)20(18)11-8-14-5-6-15-11/h5-6,8,10H,4,7,9H2,1-3H3/t10-,20+/m1/s1. The first-order chi connectivity index (χ1) is 9.37. The fourth-order valence-corrected chi connectivity index (χ4v) is 3.26. The largest absolute Gasteiger partial charge is 0.444 e. The summed E-state index contributed by atoms with van der Waals surface area (Å²) in [7, 11) is -1.24. The Labute approximate surface area is 121 Å². The van der Waals surface area contributed by atoms with E-state index in [2.05, 4.69) is 9.97 Å². The van der Waals surface area contributed by atoms with Crippen molar-refractivity contribution in [3.8, 4) is 0 Å². The molecule has 6 nitrogen and oxygen atoms in total. The van der Waals surface area contributed by atoms with Gasteiger partial charge in [-0.1, -0.05) is 0 Å². The zero-order valence-corrected chi connectivity index (χ0v) is 12.7. The molecule has 2 heterocycles. The molecule has 7 heteroatoms. The molecule has 0 bridgehead atoms. The number of hydrogen-bond donors (Lipinski definition) is 0. The minimum absolute atomic E-state index is 0.112.